The molecule has 0 spiro atoms. The van der Waals surface area contributed by atoms with Crippen molar-refractivity contribution in [1.29, 1.82) is 0 Å². The van der Waals surface area contributed by atoms with E-state index in [0.29, 0.717) is 40.7 Å². The zero-order valence-corrected chi connectivity index (χ0v) is 21.2. The molecule has 10 heteroatoms. The van der Waals surface area contributed by atoms with Gasteiger partial charge in [-0.25, -0.2) is 14.4 Å². The summed E-state index contributed by atoms with van der Waals surface area (Å²) in [4.78, 5) is 11.0. The number of nitrogens with zero attached hydrogens (tertiary/aromatic N) is 3. The van der Waals surface area contributed by atoms with Crippen LogP contribution < -0.4 is 14.8 Å². The van der Waals surface area contributed by atoms with Crippen LogP contribution in [0, 0.1) is 12.7 Å². The highest BCUT2D eigenvalue weighted by Gasteiger charge is 2.35. The van der Waals surface area contributed by atoms with E-state index in [1.165, 1.54) is 19.2 Å². The molecule has 1 aromatic heterocycles. The average Bonchev–Trinajstić information content (AvgIpc) is 2.80. The molecule has 0 unspecified atom stereocenters. The smallest absolute Gasteiger partial charge is 0.419 e. The monoisotopic (exact) mass is 508 g/mol. The van der Waals surface area contributed by atoms with Gasteiger partial charge in [-0.3, -0.25) is 0 Å². The van der Waals surface area contributed by atoms with E-state index in [4.69, 9.17) is 9.47 Å². The van der Waals surface area contributed by atoms with Crippen LogP contribution in [-0.4, -0.2) is 49.2 Å². The van der Waals surface area contributed by atoms with Crippen molar-refractivity contribution in [3.8, 4) is 11.5 Å². The van der Waals surface area contributed by atoms with Gasteiger partial charge in [0.25, 0.3) is 0 Å². The first-order valence-corrected chi connectivity index (χ1v) is 11.8. The van der Waals surface area contributed by atoms with Gasteiger partial charge in [-0.2, -0.15) is 13.2 Å². The number of ether oxygens (including phenoxy) is 2. The second kappa shape index (κ2) is 11.7. The topological polar surface area (TPSA) is 59.5 Å². The van der Waals surface area contributed by atoms with Crippen molar-refractivity contribution < 1.29 is 27.0 Å². The number of benzene rings is 2. The Morgan fingerprint density at radius 3 is 2.47 bits per heavy atom. The Morgan fingerprint density at radius 1 is 1.06 bits per heavy atom. The molecule has 2 aromatic carbocycles. The normalized spacial score (nSPS) is 12.7. The van der Waals surface area contributed by atoms with Crippen molar-refractivity contribution in [3.63, 3.8) is 0 Å². The zero-order valence-electron chi connectivity index (χ0n) is 21.2. The number of methoxy groups -OCH3 is 1. The Kier molecular flexibility index (Phi) is 8.94. The molecular formula is C26H32F4N4O2. The molecule has 1 N–H and O–H groups in total. The largest absolute Gasteiger partial charge is 0.493 e. The van der Waals surface area contributed by atoms with Gasteiger partial charge >= 0.3 is 6.18 Å². The van der Waals surface area contributed by atoms with Gasteiger partial charge in [0.05, 0.1) is 30.8 Å². The summed E-state index contributed by atoms with van der Waals surface area (Å²) in [5.74, 6) is 0.515. The zero-order chi connectivity index (χ0) is 26.5. The number of unbranched alkanes of at least 4 members (excludes halogenated alkanes) is 2. The van der Waals surface area contributed by atoms with E-state index in [-0.39, 0.29) is 5.56 Å². The number of hydrogen-bond acceptors (Lipinski definition) is 6. The average molecular weight is 509 g/mol. The van der Waals surface area contributed by atoms with Crippen LogP contribution in [-0.2, 0) is 6.18 Å². The molecule has 1 heterocycles. The molecule has 0 amide bonds. The van der Waals surface area contributed by atoms with Crippen LogP contribution in [0.4, 0.5) is 23.4 Å². The van der Waals surface area contributed by atoms with Crippen LogP contribution in [0.15, 0.2) is 30.3 Å². The number of aryl methyl sites for hydroxylation is 1. The molecular weight excluding hydrogens is 476 g/mol. The maximum Gasteiger partial charge on any atom is 0.419 e. The van der Waals surface area contributed by atoms with E-state index in [1.54, 1.807) is 26.0 Å². The maximum atomic E-state index is 14.7. The predicted octanol–water partition coefficient (Wildman–Crippen LogP) is 6.39. The number of aromatic nitrogens is 2. The Hall–Kier alpha value is -3.14. The molecule has 0 bridgehead atoms. The lowest BCUT2D eigenvalue weighted by molar-refractivity contribution is -0.140. The van der Waals surface area contributed by atoms with Gasteiger partial charge in [-0.15, -0.1) is 0 Å². The Morgan fingerprint density at radius 2 is 1.81 bits per heavy atom. The first-order valence-electron chi connectivity index (χ1n) is 11.8. The Labute approximate surface area is 208 Å². The van der Waals surface area contributed by atoms with E-state index < -0.39 is 23.6 Å². The summed E-state index contributed by atoms with van der Waals surface area (Å²) in [6.45, 7) is 4.79. The summed E-state index contributed by atoms with van der Waals surface area (Å²) in [6.07, 6.45) is -1.83. The summed E-state index contributed by atoms with van der Waals surface area (Å²) in [6, 6.07) is 5.92. The lowest BCUT2D eigenvalue weighted by Gasteiger charge is -2.20. The number of rotatable bonds is 11. The van der Waals surface area contributed by atoms with Crippen LogP contribution in [0.1, 0.15) is 49.2 Å². The number of fused-ring (bicyclic) bond motifs is 1. The fraction of sp³-hybridized carbons (Fsp3) is 0.462. The summed E-state index contributed by atoms with van der Waals surface area (Å²) in [5.41, 5.74) is -0.850. The number of hydrogen-bond donors (Lipinski definition) is 1. The third-order valence-electron chi connectivity index (χ3n) is 5.75. The van der Waals surface area contributed by atoms with E-state index >= 15 is 0 Å². The molecule has 0 saturated carbocycles. The molecule has 0 fully saturated rings. The lowest BCUT2D eigenvalue weighted by atomic mass is 10.0. The third kappa shape index (κ3) is 6.75. The van der Waals surface area contributed by atoms with Crippen LogP contribution in [0.2, 0.25) is 0 Å². The highest BCUT2D eigenvalue weighted by molar-refractivity contribution is 5.92. The van der Waals surface area contributed by atoms with E-state index in [1.807, 2.05) is 14.1 Å². The van der Waals surface area contributed by atoms with Crippen molar-refractivity contribution in [3.05, 3.63) is 53.1 Å². The molecule has 0 aliphatic rings. The molecule has 6 nitrogen and oxygen atoms in total. The number of nitrogens with one attached hydrogen (secondary N) is 1. The SMILES string of the molecule is COc1cc2nc(C)nc(N[C@H](C)c3cccc(C(F)(F)F)c3F)c2cc1OCCCCCN(C)C. The van der Waals surface area contributed by atoms with Gasteiger partial charge < -0.3 is 19.7 Å². The summed E-state index contributed by atoms with van der Waals surface area (Å²) in [7, 11) is 5.61. The van der Waals surface area contributed by atoms with Crippen molar-refractivity contribution in [2.45, 2.75) is 45.3 Å². The fourth-order valence-corrected chi connectivity index (χ4v) is 3.91. The van der Waals surface area contributed by atoms with E-state index in [0.717, 1.165) is 31.9 Å². The highest BCUT2D eigenvalue weighted by atomic mass is 19.4. The molecule has 1 atom stereocenters. The Balaban J connectivity index is 1.87. The van der Waals surface area contributed by atoms with Crippen LogP contribution >= 0.6 is 0 Å². The second-order valence-electron chi connectivity index (χ2n) is 8.92. The molecule has 36 heavy (non-hydrogen) atoms. The van der Waals surface area contributed by atoms with Gasteiger partial charge in [-0.05, 0) is 65.9 Å². The quantitative estimate of drug-likeness (QED) is 0.239. The van der Waals surface area contributed by atoms with Crippen LogP contribution in [0.3, 0.4) is 0 Å². The molecule has 3 rings (SSSR count). The van der Waals surface area contributed by atoms with Gasteiger partial charge in [0.2, 0.25) is 0 Å². The molecule has 0 saturated heterocycles. The van der Waals surface area contributed by atoms with Crippen LogP contribution in [0.5, 0.6) is 11.5 Å². The standard InChI is InChI=1S/C26H32F4N4O2/c1-16(18-10-9-11-20(24(18)27)26(28,29)30)31-25-19-14-23(36-13-8-6-7-12-34(3)4)22(35-5)15-21(19)32-17(2)33-25/h9-11,14-16H,6-8,12-13H2,1-5H3,(H,31,32,33)/t16-/m1/s1. The van der Waals surface area contributed by atoms with Crippen molar-refractivity contribution >= 4 is 16.7 Å². The van der Waals surface area contributed by atoms with Gasteiger partial charge in [-0.1, -0.05) is 12.1 Å². The van der Waals surface area contributed by atoms with Gasteiger partial charge in [0.15, 0.2) is 11.5 Å². The number of halogens is 4. The Bertz CT molecular complexity index is 1180. The molecule has 0 radical (unpaired) electrons. The molecule has 196 valence electrons. The number of anilines is 1. The molecule has 0 aliphatic heterocycles. The van der Waals surface area contributed by atoms with E-state index in [9.17, 15) is 17.6 Å². The minimum absolute atomic E-state index is 0.114. The number of alkyl halides is 3. The summed E-state index contributed by atoms with van der Waals surface area (Å²) in [5, 5.41) is 3.65. The fourth-order valence-electron chi connectivity index (χ4n) is 3.91. The van der Waals surface area contributed by atoms with Crippen molar-refractivity contribution in [2.75, 3.05) is 39.7 Å². The predicted molar refractivity (Wildman–Crippen MR) is 132 cm³/mol. The van der Waals surface area contributed by atoms with Crippen molar-refractivity contribution in [2.24, 2.45) is 0 Å². The summed E-state index contributed by atoms with van der Waals surface area (Å²) >= 11 is 0. The van der Waals surface area contributed by atoms with E-state index in [2.05, 4.69) is 20.2 Å². The van der Waals surface area contributed by atoms with Gasteiger partial charge in [0.1, 0.15) is 17.5 Å². The second-order valence-corrected chi connectivity index (χ2v) is 8.92. The maximum absolute atomic E-state index is 14.7. The van der Waals surface area contributed by atoms with Crippen LogP contribution in [0.25, 0.3) is 10.9 Å². The summed E-state index contributed by atoms with van der Waals surface area (Å²) < 4.78 is 65.8. The first-order chi connectivity index (χ1) is 17.0. The van der Waals surface area contributed by atoms with Gasteiger partial charge in [0, 0.05) is 17.0 Å². The molecule has 3 aromatic rings. The minimum Gasteiger partial charge on any atom is -0.493 e. The first kappa shape index (κ1) is 27.4. The minimum atomic E-state index is -4.78. The molecule has 0 aliphatic carbocycles. The lowest BCUT2D eigenvalue weighted by Crippen LogP contribution is -2.15. The highest BCUT2D eigenvalue weighted by Crippen LogP contribution is 2.37. The third-order valence-corrected chi connectivity index (χ3v) is 5.75. The van der Waals surface area contributed by atoms with Crippen molar-refractivity contribution in [1.82, 2.24) is 14.9 Å².